The van der Waals surface area contributed by atoms with E-state index in [-0.39, 0.29) is 30.5 Å². The maximum atomic E-state index is 12.7. The molecule has 27 heavy (non-hydrogen) atoms. The summed E-state index contributed by atoms with van der Waals surface area (Å²) >= 11 is 1.22. The molecule has 0 saturated carbocycles. The van der Waals surface area contributed by atoms with Crippen molar-refractivity contribution in [2.45, 2.75) is 6.42 Å². The number of amides is 3. The number of hydrogen-bond donors (Lipinski definition) is 2. The first kappa shape index (κ1) is 17.0. The van der Waals surface area contributed by atoms with Gasteiger partial charge in [0.2, 0.25) is 11.8 Å². The van der Waals surface area contributed by atoms with Crippen molar-refractivity contribution in [2.24, 2.45) is 0 Å². The standard InChI is InChI=1S/C18H14N4O4S/c23-15-9-22(13-5-2-1-4-12(13)20-15)16(24)8-11-10-27-18(19-11)21-17(25)14-6-3-7-26-14/h1-7,10H,8-9H2,(H,20,23)(H,19,21,25). The molecular weight excluding hydrogens is 368 g/mol. The van der Waals surface area contributed by atoms with Crippen molar-refractivity contribution in [3.05, 3.63) is 59.5 Å². The fourth-order valence-corrected chi connectivity index (χ4v) is 3.42. The average Bonchev–Trinajstić information content (AvgIpc) is 3.33. The second-order valence-corrected chi connectivity index (χ2v) is 6.66. The monoisotopic (exact) mass is 382 g/mol. The molecule has 0 atom stereocenters. The third kappa shape index (κ3) is 3.58. The van der Waals surface area contributed by atoms with Crippen molar-refractivity contribution in [1.82, 2.24) is 4.98 Å². The highest BCUT2D eigenvalue weighted by atomic mass is 32.1. The van der Waals surface area contributed by atoms with Crippen LogP contribution in [0.15, 0.2) is 52.5 Å². The molecule has 3 heterocycles. The Bertz CT molecular complexity index is 1010. The van der Waals surface area contributed by atoms with Crippen LogP contribution >= 0.6 is 11.3 Å². The van der Waals surface area contributed by atoms with E-state index in [2.05, 4.69) is 15.6 Å². The fraction of sp³-hybridized carbons (Fsp3) is 0.111. The number of carbonyl (C=O) groups is 3. The number of fused-ring (bicyclic) bond motifs is 1. The molecule has 1 aliphatic rings. The lowest BCUT2D eigenvalue weighted by Crippen LogP contribution is -2.42. The van der Waals surface area contributed by atoms with Crippen molar-refractivity contribution in [2.75, 3.05) is 22.1 Å². The van der Waals surface area contributed by atoms with Crippen LogP contribution < -0.4 is 15.5 Å². The minimum absolute atomic E-state index is 0.0226. The fourth-order valence-electron chi connectivity index (χ4n) is 2.72. The lowest BCUT2D eigenvalue weighted by atomic mass is 10.1. The van der Waals surface area contributed by atoms with E-state index < -0.39 is 5.91 Å². The molecule has 1 aliphatic heterocycles. The summed E-state index contributed by atoms with van der Waals surface area (Å²) in [6.45, 7) is -0.0396. The van der Waals surface area contributed by atoms with Crippen molar-refractivity contribution in [3.8, 4) is 0 Å². The van der Waals surface area contributed by atoms with E-state index in [1.54, 1.807) is 35.7 Å². The Labute approximate surface area is 157 Å². The molecule has 9 heteroatoms. The van der Waals surface area contributed by atoms with Gasteiger partial charge in [-0.3, -0.25) is 19.7 Å². The predicted octanol–water partition coefficient (Wildman–Crippen LogP) is 2.52. The topological polar surface area (TPSA) is 105 Å². The van der Waals surface area contributed by atoms with Crippen LogP contribution in [0.4, 0.5) is 16.5 Å². The molecule has 0 radical (unpaired) electrons. The van der Waals surface area contributed by atoms with E-state index >= 15 is 0 Å². The zero-order valence-electron chi connectivity index (χ0n) is 14.0. The largest absolute Gasteiger partial charge is 0.459 e. The van der Waals surface area contributed by atoms with E-state index in [0.29, 0.717) is 22.2 Å². The van der Waals surface area contributed by atoms with Gasteiger partial charge in [0.15, 0.2) is 10.9 Å². The van der Waals surface area contributed by atoms with Crippen LogP contribution in [-0.4, -0.2) is 29.3 Å². The van der Waals surface area contributed by atoms with E-state index in [1.807, 2.05) is 6.07 Å². The van der Waals surface area contributed by atoms with Gasteiger partial charge in [-0.1, -0.05) is 12.1 Å². The Morgan fingerprint density at radius 3 is 2.93 bits per heavy atom. The number of aromatic nitrogens is 1. The normalized spacial score (nSPS) is 13.0. The summed E-state index contributed by atoms with van der Waals surface area (Å²) in [6, 6.07) is 10.3. The second-order valence-electron chi connectivity index (χ2n) is 5.80. The number of para-hydroxylation sites is 2. The molecule has 1 aromatic carbocycles. The smallest absolute Gasteiger partial charge is 0.293 e. The minimum Gasteiger partial charge on any atom is -0.459 e. The molecule has 3 aromatic rings. The Morgan fingerprint density at radius 1 is 1.26 bits per heavy atom. The molecule has 3 amide bonds. The number of rotatable bonds is 4. The molecule has 4 rings (SSSR count). The lowest BCUT2D eigenvalue weighted by Gasteiger charge is -2.29. The van der Waals surface area contributed by atoms with Gasteiger partial charge in [-0.05, 0) is 24.3 Å². The zero-order valence-corrected chi connectivity index (χ0v) is 14.8. The van der Waals surface area contributed by atoms with Crippen molar-refractivity contribution < 1.29 is 18.8 Å². The molecule has 0 aliphatic carbocycles. The zero-order chi connectivity index (χ0) is 18.8. The maximum Gasteiger partial charge on any atom is 0.293 e. The van der Waals surface area contributed by atoms with E-state index in [9.17, 15) is 14.4 Å². The molecule has 0 unspecified atom stereocenters. The highest BCUT2D eigenvalue weighted by Crippen LogP contribution is 2.29. The first-order chi connectivity index (χ1) is 13.1. The van der Waals surface area contributed by atoms with E-state index in [0.717, 1.165) is 0 Å². The number of carbonyl (C=O) groups excluding carboxylic acids is 3. The van der Waals surface area contributed by atoms with Crippen LogP contribution in [0.1, 0.15) is 16.2 Å². The van der Waals surface area contributed by atoms with Crippen LogP contribution in [0.2, 0.25) is 0 Å². The van der Waals surface area contributed by atoms with Gasteiger partial charge < -0.3 is 14.6 Å². The Morgan fingerprint density at radius 2 is 2.11 bits per heavy atom. The molecule has 0 fully saturated rings. The van der Waals surface area contributed by atoms with Crippen LogP contribution in [0, 0.1) is 0 Å². The van der Waals surface area contributed by atoms with Crippen LogP contribution in [-0.2, 0) is 16.0 Å². The Kier molecular flexibility index (Phi) is 4.43. The van der Waals surface area contributed by atoms with Crippen LogP contribution in [0.25, 0.3) is 0 Å². The molecule has 2 aromatic heterocycles. The van der Waals surface area contributed by atoms with Gasteiger partial charge in [-0.2, -0.15) is 0 Å². The lowest BCUT2D eigenvalue weighted by molar-refractivity contribution is -0.121. The number of thiazole rings is 1. The highest BCUT2D eigenvalue weighted by Gasteiger charge is 2.27. The Hall–Kier alpha value is -3.46. The van der Waals surface area contributed by atoms with Gasteiger partial charge in [0.1, 0.15) is 6.54 Å². The first-order valence-electron chi connectivity index (χ1n) is 8.08. The SMILES string of the molecule is O=C1CN(C(=O)Cc2csc(NC(=O)c3ccco3)n2)c2ccccc2N1. The third-order valence-corrected chi connectivity index (χ3v) is 4.73. The summed E-state index contributed by atoms with van der Waals surface area (Å²) in [5.74, 6) is -0.717. The van der Waals surface area contributed by atoms with Gasteiger partial charge in [0, 0.05) is 5.38 Å². The van der Waals surface area contributed by atoms with Crippen molar-refractivity contribution >= 4 is 45.6 Å². The molecule has 2 N–H and O–H groups in total. The summed E-state index contributed by atoms with van der Waals surface area (Å²) in [5, 5.41) is 7.44. The van der Waals surface area contributed by atoms with Gasteiger partial charge in [-0.25, -0.2) is 4.98 Å². The van der Waals surface area contributed by atoms with Crippen molar-refractivity contribution in [3.63, 3.8) is 0 Å². The number of nitrogens with zero attached hydrogens (tertiary/aromatic N) is 2. The maximum absolute atomic E-state index is 12.7. The molecule has 136 valence electrons. The summed E-state index contributed by atoms with van der Waals surface area (Å²) in [7, 11) is 0. The van der Waals surface area contributed by atoms with E-state index in [1.165, 1.54) is 22.5 Å². The minimum atomic E-state index is -0.408. The first-order valence-corrected chi connectivity index (χ1v) is 8.96. The van der Waals surface area contributed by atoms with Gasteiger partial charge in [0.25, 0.3) is 5.91 Å². The molecule has 8 nitrogen and oxygen atoms in total. The predicted molar refractivity (Wildman–Crippen MR) is 99.9 cm³/mol. The average molecular weight is 382 g/mol. The third-order valence-electron chi connectivity index (χ3n) is 3.92. The summed E-state index contributed by atoms with van der Waals surface area (Å²) < 4.78 is 5.03. The quantitative estimate of drug-likeness (QED) is 0.721. The van der Waals surface area contributed by atoms with Crippen LogP contribution in [0.5, 0.6) is 0 Å². The number of furan rings is 1. The summed E-state index contributed by atoms with van der Waals surface area (Å²) in [6.07, 6.45) is 1.43. The van der Waals surface area contributed by atoms with E-state index in [4.69, 9.17) is 4.42 Å². The highest BCUT2D eigenvalue weighted by molar-refractivity contribution is 7.14. The number of nitrogens with one attached hydrogen (secondary N) is 2. The number of benzene rings is 1. The second kappa shape index (κ2) is 7.04. The van der Waals surface area contributed by atoms with Gasteiger partial charge in [-0.15, -0.1) is 11.3 Å². The molecule has 0 saturated heterocycles. The van der Waals surface area contributed by atoms with Gasteiger partial charge in [0.05, 0.1) is 29.8 Å². The summed E-state index contributed by atoms with van der Waals surface area (Å²) in [5.41, 5.74) is 1.78. The molecule has 0 bridgehead atoms. The number of anilines is 3. The summed E-state index contributed by atoms with van der Waals surface area (Å²) in [4.78, 5) is 42.2. The molecular formula is C18H14N4O4S. The van der Waals surface area contributed by atoms with Crippen molar-refractivity contribution in [1.29, 1.82) is 0 Å². The van der Waals surface area contributed by atoms with Gasteiger partial charge >= 0.3 is 0 Å². The molecule has 0 spiro atoms. The Balaban J connectivity index is 1.46. The number of hydrogen-bond acceptors (Lipinski definition) is 6. The van der Waals surface area contributed by atoms with Crippen LogP contribution in [0.3, 0.4) is 0 Å².